The highest BCUT2D eigenvalue weighted by Gasteiger charge is 2.17. The summed E-state index contributed by atoms with van der Waals surface area (Å²) in [4.78, 5) is 25.5. The topological polar surface area (TPSA) is 61.8 Å². The van der Waals surface area contributed by atoms with E-state index in [2.05, 4.69) is 69.4 Å². The number of carbonyl (C=O) groups is 2. The zero-order valence-corrected chi connectivity index (χ0v) is 44.5. The molecule has 5 nitrogen and oxygen atoms in total. The molecule has 66 heavy (non-hydrogen) atoms. The van der Waals surface area contributed by atoms with Crippen molar-refractivity contribution < 1.29 is 23.8 Å². The fourth-order valence-electron chi connectivity index (χ4n) is 8.45. The Morgan fingerprint density at radius 3 is 1.09 bits per heavy atom. The first kappa shape index (κ1) is 63.9. The third-order valence-corrected chi connectivity index (χ3v) is 12.8. The maximum Gasteiger partial charge on any atom is 0.306 e. The molecule has 386 valence electrons. The van der Waals surface area contributed by atoms with Crippen LogP contribution in [0.3, 0.4) is 0 Å². The molecule has 0 aromatic carbocycles. The van der Waals surface area contributed by atoms with Crippen LogP contribution in [0, 0.1) is 0 Å². The normalized spacial score (nSPS) is 12.5. The molecule has 0 aliphatic carbocycles. The minimum atomic E-state index is -0.550. The largest absolute Gasteiger partial charge is 0.462 e. The van der Waals surface area contributed by atoms with E-state index < -0.39 is 6.10 Å². The highest BCUT2D eigenvalue weighted by molar-refractivity contribution is 5.70. The molecule has 0 saturated heterocycles. The van der Waals surface area contributed by atoms with Crippen LogP contribution < -0.4 is 0 Å². The van der Waals surface area contributed by atoms with Crippen molar-refractivity contribution in [3.05, 3.63) is 48.6 Å². The van der Waals surface area contributed by atoms with Crippen molar-refractivity contribution in [3.63, 3.8) is 0 Å². The maximum atomic E-state index is 12.9. The number of hydrogen-bond acceptors (Lipinski definition) is 5. The Hall–Kier alpha value is -2.14. The third kappa shape index (κ3) is 54.5. The average molecular weight is 926 g/mol. The van der Waals surface area contributed by atoms with Crippen LogP contribution in [0.5, 0.6) is 0 Å². The Bertz CT molecular complexity index is 1090. The summed E-state index contributed by atoms with van der Waals surface area (Å²) in [7, 11) is 0. The molecule has 0 saturated carbocycles. The van der Waals surface area contributed by atoms with E-state index in [1.807, 2.05) is 0 Å². The predicted molar refractivity (Wildman–Crippen MR) is 288 cm³/mol. The van der Waals surface area contributed by atoms with Crippen LogP contribution in [0.4, 0.5) is 0 Å². The van der Waals surface area contributed by atoms with Crippen LogP contribution in [-0.4, -0.2) is 37.9 Å². The SMILES string of the molecule is CCCCC/C=C\C/C=C\C/C=C\CCCCC(=O)OC[C@@H](COCCCCCCCCCCCCCCCCCC)OC(=O)CCCCCCCCCCC/C=C\CCCCCCCC. The van der Waals surface area contributed by atoms with Gasteiger partial charge in [-0.1, -0.05) is 256 Å². The second kappa shape index (κ2) is 57.2. The highest BCUT2D eigenvalue weighted by Crippen LogP contribution is 2.16. The fourth-order valence-corrected chi connectivity index (χ4v) is 8.45. The van der Waals surface area contributed by atoms with Gasteiger partial charge in [0.25, 0.3) is 0 Å². The molecule has 0 spiro atoms. The third-order valence-electron chi connectivity index (χ3n) is 12.8. The molecule has 0 aromatic heterocycles. The van der Waals surface area contributed by atoms with Crippen LogP contribution in [0.25, 0.3) is 0 Å². The van der Waals surface area contributed by atoms with Gasteiger partial charge in [-0.05, 0) is 83.5 Å². The molecule has 1 atom stereocenters. The molecule has 0 unspecified atom stereocenters. The molecule has 0 aliphatic rings. The van der Waals surface area contributed by atoms with Crippen LogP contribution in [-0.2, 0) is 23.8 Å². The molecule has 0 amide bonds. The van der Waals surface area contributed by atoms with Gasteiger partial charge in [0.2, 0.25) is 0 Å². The Kier molecular flexibility index (Phi) is 55.3. The van der Waals surface area contributed by atoms with Gasteiger partial charge >= 0.3 is 11.9 Å². The summed E-state index contributed by atoms with van der Waals surface area (Å²) in [5, 5.41) is 0. The zero-order chi connectivity index (χ0) is 47.7. The summed E-state index contributed by atoms with van der Waals surface area (Å²) in [6, 6.07) is 0. The first-order valence-corrected chi connectivity index (χ1v) is 29.2. The van der Waals surface area contributed by atoms with Crippen LogP contribution in [0.1, 0.15) is 303 Å². The van der Waals surface area contributed by atoms with Crippen molar-refractivity contribution >= 4 is 11.9 Å². The molecule has 0 fully saturated rings. The number of esters is 2. The number of rotatable bonds is 54. The first-order valence-electron chi connectivity index (χ1n) is 29.2. The van der Waals surface area contributed by atoms with Crippen molar-refractivity contribution in [1.82, 2.24) is 0 Å². The zero-order valence-electron chi connectivity index (χ0n) is 44.5. The number of hydrogen-bond donors (Lipinski definition) is 0. The van der Waals surface area contributed by atoms with Gasteiger partial charge < -0.3 is 14.2 Å². The highest BCUT2D eigenvalue weighted by atomic mass is 16.6. The van der Waals surface area contributed by atoms with Gasteiger partial charge in [-0.3, -0.25) is 9.59 Å². The summed E-state index contributed by atoms with van der Waals surface area (Å²) >= 11 is 0. The van der Waals surface area contributed by atoms with Gasteiger partial charge in [0.15, 0.2) is 6.10 Å². The molecule has 0 aliphatic heterocycles. The second-order valence-electron chi connectivity index (χ2n) is 19.5. The molecule has 5 heteroatoms. The quantitative estimate of drug-likeness (QED) is 0.0345. The standard InChI is InChI=1S/C61H112O5/c1-4-7-10-13-16-19-22-25-28-30-31-32-34-37-40-43-46-49-52-55-61(63)66-59(57-64-56-53-50-47-44-41-38-35-29-26-23-20-17-14-11-8-5-2)58-65-60(62)54-51-48-45-42-39-36-33-27-24-21-18-15-12-9-6-3/h18,21,25,27-28,33,39,42,59H,4-17,19-20,22-24,26,29-32,34-38,40-41,43-58H2,1-3H3/b21-18-,28-25-,33-27-,42-39-/t59-/m1/s1. The van der Waals surface area contributed by atoms with Gasteiger partial charge in [0.05, 0.1) is 6.61 Å². The fraction of sp³-hybridized carbons (Fsp3) is 0.836. The lowest BCUT2D eigenvalue weighted by atomic mass is 10.0. The molecule has 0 heterocycles. The minimum Gasteiger partial charge on any atom is -0.462 e. The van der Waals surface area contributed by atoms with E-state index in [9.17, 15) is 9.59 Å². The molecule has 0 N–H and O–H groups in total. The summed E-state index contributed by atoms with van der Waals surface area (Å²) in [5.74, 6) is -0.428. The van der Waals surface area contributed by atoms with Gasteiger partial charge in [0, 0.05) is 19.4 Å². The van der Waals surface area contributed by atoms with Crippen molar-refractivity contribution in [2.24, 2.45) is 0 Å². The number of ether oxygens (including phenoxy) is 3. The van der Waals surface area contributed by atoms with E-state index in [0.29, 0.717) is 19.4 Å². The van der Waals surface area contributed by atoms with Gasteiger partial charge in [-0.15, -0.1) is 0 Å². The van der Waals surface area contributed by atoms with Gasteiger partial charge in [0.1, 0.15) is 6.61 Å². The van der Waals surface area contributed by atoms with Crippen LogP contribution in [0.2, 0.25) is 0 Å². The van der Waals surface area contributed by atoms with Crippen molar-refractivity contribution in [2.45, 2.75) is 309 Å². The lowest BCUT2D eigenvalue weighted by Gasteiger charge is -2.18. The van der Waals surface area contributed by atoms with E-state index in [-0.39, 0.29) is 25.2 Å². The lowest BCUT2D eigenvalue weighted by Crippen LogP contribution is -2.30. The number of carbonyl (C=O) groups excluding carboxylic acids is 2. The monoisotopic (exact) mass is 925 g/mol. The average Bonchev–Trinajstić information content (AvgIpc) is 3.32. The lowest BCUT2D eigenvalue weighted by molar-refractivity contribution is -0.163. The van der Waals surface area contributed by atoms with Crippen molar-refractivity contribution in [1.29, 1.82) is 0 Å². The predicted octanol–water partition coefficient (Wildman–Crippen LogP) is 19.9. The van der Waals surface area contributed by atoms with Gasteiger partial charge in [-0.2, -0.15) is 0 Å². The molecular weight excluding hydrogens is 813 g/mol. The van der Waals surface area contributed by atoms with Crippen molar-refractivity contribution in [2.75, 3.05) is 19.8 Å². The molecule has 0 bridgehead atoms. The minimum absolute atomic E-state index is 0.0686. The summed E-state index contributed by atoms with van der Waals surface area (Å²) < 4.78 is 17.5. The van der Waals surface area contributed by atoms with Crippen LogP contribution >= 0.6 is 0 Å². The Morgan fingerprint density at radius 2 is 0.636 bits per heavy atom. The first-order chi connectivity index (χ1) is 32.6. The van der Waals surface area contributed by atoms with E-state index in [0.717, 1.165) is 57.8 Å². The van der Waals surface area contributed by atoms with Crippen molar-refractivity contribution in [3.8, 4) is 0 Å². The Labute approximate surface area is 412 Å². The van der Waals surface area contributed by atoms with E-state index in [4.69, 9.17) is 14.2 Å². The summed E-state index contributed by atoms with van der Waals surface area (Å²) in [5.41, 5.74) is 0. The van der Waals surface area contributed by atoms with Gasteiger partial charge in [-0.25, -0.2) is 0 Å². The Balaban J connectivity index is 4.29. The second-order valence-corrected chi connectivity index (χ2v) is 19.5. The van der Waals surface area contributed by atoms with Crippen LogP contribution in [0.15, 0.2) is 48.6 Å². The van der Waals surface area contributed by atoms with E-state index in [1.165, 1.54) is 212 Å². The van der Waals surface area contributed by atoms with E-state index in [1.54, 1.807) is 0 Å². The summed E-state index contributed by atoms with van der Waals surface area (Å²) in [6.45, 7) is 7.81. The van der Waals surface area contributed by atoms with E-state index >= 15 is 0 Å². The molecule has 0 radical (unpaired) electrons. The number of unbranched alkanes of at least 4 members (excludes halogenated alkanes) is 35. The molecular formula is C61H112O5. The maximum absolute atomic E-state index is 12.9. The smallest absolute Gasteiger partial charge is 0.306 e. The Morgan fingerprint density at radius 1 is 0.333 bits per heavy atom. The molecule has 0 rings (SSSR count). The molecule has 0 aromatic rings. The number of allylic oxidation sites excluding steroid dienone is 8. The summed E-state index contributed by atoms with van der Waals surface area (Å²) in [6.07, 6.45) is 71.3.